The lowest BCUT2D eigenvalue weighted by molar-refractivity contribution is 0.199. The lowest BCUT2D eigenvalue weighted by Crippen LogP contribution is -2.34. The van der Waals surface area contributed by atoms with Crippen LogP contribution in [0.5, 0.6) is 5.75 Å². The number of hydrogen-bond donors (Lipinski definition) is 0. The first-order valence-corrected chi connectivity index (χ1v) is 10.8. The van der Waals surface area contributed by atoms with Gasteiger partial charge in [-0.2, -0.15) is 0 Å². The van der Waals surface area contributed by atoms with Crippen LogP contribution in [0.1, 0.15) is 30.0 Å². The van der Waals surface area contributed by atoms with E-state index in [9.17, 15) is 0 Å². The molecule has 6 heteroatoms. The fourth-order valence-electron chi connectivity index (χ4n) is 4.65. The van der Waals surface area contributed by atoms with E-state index >= 15 is 0 Å². The predicted molar refractivity (Wildman–Crippen MR) is 122 cm³/mol. The molecular weight excluding hydrogens is 386 g/mol. The maximum absolute atomic E-state index is 5.40. The van der Waals surface area contributed by atoms with Gasteiger partial charge >= 0.3 is 0 Å². The van der Waals surface area contributed by atoms with Crippen molar-refractivity contribution in [1.29, 1.82) is 0 Å². The molecule has 0 N–H and O–H groups in total. The van der Waals surface area contributed by atoms with Gasteiger partial charge < -0.3 is 9.30 Å². The molecule has 31 heavy (non-hydrogen) atoms. The van der Waals surface area contributed by atoms with Gasteiger partial charge in [0.25, 0.3) is 0 Å². The van der Waals surface area contributed by atoms with Gasteiger partial charge in [-0.15, -0.1) is 0 Å². The number of aromatic nitrogens is 4. The Kier molecular flexibility index (Phi) is 5.38. The third-order valence-electron chi connectivity index (χ3n) is 6.28. The van der Waals surface area contributed by atoms with E-state index in [2.05, 4.69) is 56.9 Å². The third-order valence-corrected chi connectivity index (χ3v) is 6.28. The van der Waals surface area contributed by atoms with E-state index in [0.29, 0.717) is 5.92 Å². The Morgan fingerprint density at radius 3 is 2.71 bits per heavy atom. The van der Waals surface area contributed by atoms with Gasteiger partial charge in [-0.3, -0.25) is 9.88 Å². The standard InChI is InChI=1S/C25H27N5O/c1-29-14-21(23-7-6-22(31-2)10-25(23)29)16-30-9-3-4-19(15-30)24-8-5-18(13-28-24)20-11-26-17-27-12-20/h5-8,10-14,17,19H,3-4,9,15-16H2,1-2H3/t19-/m0/s1. The molecule has 0 bridgehead atoms. The van der Waals surface area contributed by atoms with Gasteiger partial charge in [0, 0.05) is 79.1 Å². The van der Waals surface area contributed by atoms with Crippen molar-refractivity contribution in [2.24, 2.45) is 7.05 Å². The Balaban J connectivity index is 1.31. The zero-order chi connectivity index (χ0) is 21.2. The summed E-state index contributed by atoms with van der Waals surface area (Å²) in [5, 5.41) is 1.30. The van der Waals surface area contributed by atoms with Crippen LogP contribution in [0.15, 0.2) is 61.4 Å². The molecule has 1 aromatic carbocycles. The summed E-state index contributed by atoms with van der Waals surface area (Å²) in [5.41, 5.74) is 5.81. The van der Waals surface area contributed by atoms with Crippen molar-refractivity contribution in [3.8, 4) is 16.9 Å². The molecule has 4 heterocycles. The average Bonchev–Trinajstić information content (AvgIpc) is 3.14. The minimum atomic E-state index is 0.463. The van der Waals surface area contributed by atoms with E-state index < -0.39 is 0 Å². The van der Waals surface area contributed by atoms with Gasteiger partial charge in [-0.1, -0.05) is 6.07 Å². The highest BCUT2D eigenvalue weighted by atomic mass is 16.5. The second kappa shape index (κ2) is 8.47. The highest BCUT2D eigenvalue weighted by Gasteiger charge is 2.23. The number of methoxy groups -OCH3 is 1. The highest BCUT2D eigenvalue weighted by Crippen LogP contribution is 2.30. The van der Waals surface area contributed by atoms with E-state index in [-0.39, 0.29) is 0 Å². The number of likely N-dealkylation sites (tertiary alicyclic amines) is 1. The molecule has 0 aliphatic carbocycles. The molecule has 1 fully saturated rings. The number of pyridine rings is 1. The van der Waals surface area contributed by atoms with Crippen LogP contribution in [-0.2, 0) is 13.6 Å². The fourth-order valence-corrected chi connectivity index (χ4v) is 4.65. The first-order chi connectivity index (χ1) is 15.2. The largest absolute Gasteiger partial charge is 0.497 e. The van der Waals surface area contributed by atoms with Crippen LogP contribution < -0.4 is 4.74 Å². The molecule has 0 radical (unpaired) electrons. The van der Waals surface area contributed by atoms with Gasteiger partial charge in [0.05, 0.1) is 12.6 Å². The van der Waals surface area contributed by atoms with Gasteiger partial charge in [-0.25, -0.2) is 9.97 Å². The smallest absolute Gasteiger partial charge is 0.120 e. The maximum atomic E-state index is 5.40. The lowest BCUT2D eigenvalue weighted by Gasteiger charge is -2.32. The second-order valence-electron chi connectivity index (χ2n) is 8.32. The molecule has 1 aliphatic heterocycles. The molecule has 0 unspecified atom stereocenters. The van der Waals surface area contributed by atoms with Crippen molar-refractivity contribution in [2.45, 2.75) is 25.3 Å². The Bertz CT molecular complexity index is 1170. The van der Waals surface area contributed by atoms with Gasteiger partial charge in [0.15, 0.2) is 0 Å². The zero-order valence-corrected chi connectivity index (χ0v) is 18.0. The molecule has 6 nitrogen and oxygen atoms in total. The van der Waals surface area contributed by atoms with E-state index in [1.807, 2.05) is 24.7 Å². The Morgan fingerprint density at radius 2 is 1.94 bits per heavy atom. The number of fused-ring (bicyclic) bond motifs is 1. The van der Waals surface area contributed by atoms with Gasteiger partial charge in [0.2, 0.25) is 0 Å². The molecular formula is C25H27N5O. The number of rotatable bonds is 5. The van der Waals surface area contributed by atoms with Crippen molar-refractivity contribution in [3.05, 3.63) is 72.7 Å². The predicted octanol–water partition coefficient (Wildman–Crippen LogP) is 4.42. The molecule has 1 saturated heterocycles. The van der Waals surface area contributed by atoms with Crippen molar-refractivity contribution in [3.63, 3.8) is 0 Å². The van der Waals surface area contributed by atoms with Crippen molar-refractivity contribution >= 4 is 10.9 Å². The van der Waals surface area contributed by atoms with Crippen LogP contribution in [0.4, 0.5) is 0 Å². The Labute approximate surface area is 182 Å². The number of piperidine rings is 1. The summed E-state index contributed by atoms with van der Waals surface area (Å²) >= 11 is 0. The normalized spacial score (nSPS) is 17.2. The maximum Gasteiger partial charge on any atom is 0.120 e. The van der Waals surface area contributed by atoms with E-state index in [1.54, 1.807) is 13.4 Å². The minimum Gasteiger partial charge on any atom is -0.497 e. The van der Waals surface area contributed by atoms with Crippen LogP contribution in [0.2, 0.25) is 0 Å². The quantitative estimate of drug-likeness (QED) is 0.485. The van der Waals surface area contributed by atoms with E-state index in [1.165, 1.54) is 35.0 Å². The monoisotopic (exact) mass is 413 g/mol. The SMILES string of the molecule is COc1ccc2c(CN3CCC[C@H](c4ccc(-c5cncnc5)cn4)C3)cn(C)c2c1. The summed E-state index contributed by atoms with van der Waals surface area (Å²) < 4.78 is 7.60. The molecule has 4 aromatic rings. The topological polar surface area (TPSA) is 56.1 Å². The third kappa shape index (κ3) is 4.03. The van der Waals surface area contributed by atoms with Crippen LogP contribution >= 0.6 is 0 Å². The summed E-state index contributed by atoms with van der Waals surface area (Å²) in [7, 11) is 3.82. The zero-order valence-electron chi connectivity index (χ0n) is 18.0. The first-order valence-electron chi connectivity index (χ1n) is 10.8. The molecule has 0 amide bonds. The molecule has 5 rings (SSSR count). The summed E-state index contributed by atoms with van der Waals surface area (Å²) in [6, 6.07) is 10.6. The average molecular weight is 414 g/mol. The fraction of sp³-hybridized carbons (Fsp3) is 0.320. The number of nitrogens with zero attached hydrogens (tertiary/aromatic N) is 5. The summed E-state index contributed by atoms with van der Waals surface area (Å²) in [5.74, 6) is 1.36. The van der Waals surface area contributed by atoms with Crippen LogP contribution in [-0.4, -0.2) is 44.6 Å². The van der Waals surface area contributed by atoms with Crippen molar-refractivity contribution in [2.75, 3.05) is 20.2 Å². The van der Waals surface area contributed by atoms with Crippen LogP contribution in [0, 0.1) is 0 Å². The Hall–Kier alpha value is -3.25. The van der Waals surface area contributed by atoms with Crippen molar-refractivity contribution in [1.82, 2.24) is 24.4 Å². The van der Waals surface area contributed by atoms with Crippen LogP contribution in [0.25, 0.3) is 22.0 Å². The molecule has 0 spiro atoms. The molecule has 158 valence electrons. The first kappa shape index (κ1) is 19.7. The summed E-state index contributed by atoms with van der Waals surface area (Å²) in [4.78, 5) is 15.6. The molecule has 1 atom stereocenters. The highest BCUT2D eigenvalue weighted by molar-refractivity contribution is 5.85. The number of hydrogen-bond acceptors (Lipinski definition) is 5. The van der Waals surface area contributed by atoms with Crippen molar-refractivity contribution < 1.29 is 4.74 Å². The van der Waals surface area contributed by atoms with Gasteiger partial charge in [0.1, 0.15) is 12.1 Å². The number of ether oxygens (including phenoxy) is 1. The second-order valence-corrected chi connectivity index (χ2v) is 8.32. The minimum absolute atomic E-state index is 0.463. The van der Waals surface area contributed by atoms with Gasteiger partial charge in [-0.05, 0) is 43.1 Å². The molecule has 1 aliphatic rings. The Morgan fingerprint density at radius 1 is 1.06 bits per heavy atom. The number of benzene rings is 1. The summed E-state index contributed by atoms with van der Waals surface area (Å²) in [6.07, 6.45) is 11.8. The lowest BCUT2D eigenvalue weighted by atomic mass is 9.93. The van der Waals surface area contributed by atoms with E-state index in [4.69, 9.17) is 9.72 Å². The van der Waals surface area contributed by atoms with E-state index in [0.717, 1.165) is 36.5 Å². The number of aryl methyl sites for hydroxylation is 1. The molecule has 0 saturated carbocycles. The molecule has 3 aromatic heterocycles. The van der Waals surface area contributed by atoms with Crippen LogP contribution in [0.3, 0.4) is 0 Å². The summed E-state index contributed by atoms with van der Waals surface area (Å²) in [6.45, 7) is 3.12.